The number of nitrogens with zero attached hydrogens (tertiary/aromatic N) is 1. The molecule has 0 aliphatic carbocycles. The number of hydrogen-bond acceptors (Lipinski definition) is 4. The summed E-state index contributed by atoms with van der Waals surface area (Å²) >= 11 is 0. The van der Waals surface area contributed by atoms with E-state index < -0.39 is 0 Å². The number of benzene rings is 2. The van der Waals surface area contributed by atoms with E-state index in [1.54, 1.807) is 7.11 Å². The summed E-state index contributed by atoms with van der Waals surface area (Å²) in [6.45, 7) is 3.67. The lowest BCUT2D eigenvalue weighted by Crippen LogP contribution is -2.43. The van der Waals surface area contributed by atoms with Gasteiger partial charge in [0.2, 0.25) is 0 Å². The first-order valence-corrected chi connectivity index (χ1v) is 8.57. The van der Waals surface area contributed by atoms with Gasteiger partial charge in [0.1, 0.15) is 5.75 Å². The number of morpholine rings is 1. The molecule has 1 heterocycles. The molecule has 1 N–H and O–H groups in total. The van der Waals surface area contributed by atoms with E-state index in [9.17, 15) is 4.79 Å². The summed E-state index contributed by atoms with van der Waals surface area (Å²) in [6, 6.07) is 17.4. The molecule has 5 nitrogen and oxygen atoms in total. The van der Waals surface area contributed by atoms with Crippen molar-refractivity contribution in [3.8, 4) is 5.75 Å². The van der Waals surface area contributed by atoms with E-state index >= 15 is 0 Å². The first kappa shape index (κ1) is 17.5. The van der Waals surface area contributed by atoms with Gasteiger partial charge in [-0.2, -0.15) is 0 Å². The van der Waals surface area contributed by atoms with Crippen LogP contribution in [0.25, 0.3) is 0 Å². The number of ether oxygens (including phenoxy) is 2. The van der Waals surface area contributed by atoms with E-state index in [1.165, 1.54) is 0 Å². The minimum absolute atomic E-state index is 0.0539. The van der Waals surface area contributed by atoms with E-state index in [-0.39, 0.29) is 11.9 Å². The van der Waals surface area contributed by atoms with Gasteiger partial charge in [0, 0.05) is 25.2 Å². The molecule has 132 valence electrons. The Morgan fingerprint density at radius 1 is 1.16 bits per heavy atom. The lowest BCUT2D eigenvalue weighted by Gasteiger charge is -2.35. The standard InChI is InChI=1S/C20H24N2O3/c1-24-18-9-5-8-17(14-18)19(22-10-12-25-13-11-22)15-21-20(23)16-6-3-2-4-7-16/h2-9,14,19H,10-13,15H2,1H3,(H,21,23). The summed E-state index contributed by atoms with van der Waals surface area (Å²) in [7, 11) is 1.67. The summed E-state index contributed by atoms with van der Waals surface area (Å²) in [5.74, 6) is 0.770. The minimum atomic E-state index is -0.0539. The predicted octanol–water partition coefficient (Wildman–Crippen LogP) is 2.50. The molecule has 1 fully saturated rings. The van der Waals surface area contributed by atoms with Gasteiger partial charge in [0.15, 0.2) is 0 Å². The SMILES string of the molecule is COc1cccc(C(CNC(=O)c2ccccc2)N2CCOCC2)c1. The van der Waals surface area contributed by atoms with E-state index in [2.05, 4.69) is 16.3 Å². The number of methoxy groups -OCH3 is 1. The van der Waals surface area contributed by atoms with Crippen molar-refractivity contribution in [1.29, 1.82) is 0 Å². The highest BCUT2D eigenvalue weighted by Gasteiger charge is 2.23. The molecule has 0 bridgehead atoms. The fourth-order valence-electron chi connectivity index (χ4n) is 3.08. The minimum Gasteiger partial charge on any atom is -0.497 e. The van der Waals surface area contributed by atoms with E-state index in [0.29, 0.717) is 25.3 Å². The van der Waals surface area contributed by atoms with Gasteiger partial charge in [-0.1, -0.05) is 30.3 Å². The Morgan fingerprint density at radius 2 is 1.92 bits per heavy atom. The Kier molecular flexibility index (Phi) is 6.04. The van der Waals surface area contributed by atoms with Crippen molar-refractivity contribution < 1.29 is 14.3 Å². The largest absolute Gasteiger partial charge is 0.497 e. The first-order chi connectivity index (χ1) is 12.3. The smallest absolute Gasteiger partial charge is 0.251 e. The predicted molar refractivity (Wildman–Crippen MR) is 96.9 cm³/mol. The fraction of sp³-hybridized carbons (Fsp3) is 0.350. The van der Waals surface area contributed by atoms with Crippen molar-refractivity contribution in [3.63, 3.8) is 0 Å². The summed E-state index contributed by atoms with van der Waals surface area (Å²) in [4.78, 5) is 14.8. The molecule has 1 aliphatic heterocycles. The van der Waals surface area contributed by atoms with Gasteiger partial charge < -0.3 is 14.8 Å². The van der Waals surface area contributed by atoms with Gasteiger partial charge in [-0.3, -0.25) is 9.69 Å². The highest BCUT2D eigenvalue weighted by atomic mass is 16.5. The first-order valence-electron chi connectivity index (χ1n) is 8.57. The Bertz CT molecular complexity index is 684. The van der Waals surface area contributed by atoms with Gasteiger partial charge in [-0.15, -0.1) is 0 Å². The van der Waals surface area contributed by atoms with E-state index in [1.807, 2.05) is 48.5 Å². The molecular weight excluding hydrogens is 316 g/mol. The van der Waals surface area contributed by atoms with Gasteiger partial charge >= 0.3 is 0 Å². The highest BCUT2D eigenvalue weighted by Crippen LogP contribution is 2.24. The number of amides is 1. The number of rotatable bonds is 6. The molecule has 0 saturated carbocycles. The van der Waals surface area contributed by atoms with Crippen molar-refractivity contribution >= 4 is 5.91 Å². The lowest BCUT2D eigenvalue weighted by molar-refractivity contribution is 0.0162. The quantitative estimate of drug-likeness (QED) is 0.878. The number of nitrogens with one attached hydrogen (secondary N) is 1. The maximum absolute atomic E-state index is 12.4. The number of carbonyl (C=O) groups is 1. The molecule has 25 heavy (non-hydrogen) atoms. The molecular formula is C20H24N2O3. The Labute approximate surface area is 148 Å². The van der Waals surface area contributed by atoms with Crippen molar-refractivity contribution in [2.45, 2.75) is 6.04 Å². The Balaban J connectivity index is 1.75. The average molecular weight is 340 g/mol. The Morgan fingerprint density at radius 3 is 2.64 bits per heavy atom. The molecule has 0 radical (unpaired) electrons. The van der Waals surface area contributed by atoms with Gasteiger partial charge in [0.25, 0.3) is 5.91 Å². The molecule has 1 saturated heterocycles. The molecule has 3 rings (SSSR count). The van der Waals surface area contributed by atoms with Crippen LogP contribution in [-0.2, 0) is 4.74 Å². The highest BCUT2D eigenvalue weighted by molar-refractivity contribution is 5.94. The van der Waals surface area contributed by atoms with Crippen LogP contribution < -0.4 is 10.1 Å². The summed E-state index contributed by atoms with van der Waals surface area (Å²) in [5, 5.41) is 3.07. The van der Waals surface area contributed by atoms with Crippen LogP contribution in [0.1, 0.15) is 22.0 Å². The lowest BCUT2D eigenvalue weighted by atomic mass is 10.0. The summed E-state index contributed by atoms with van der Waals surface area (Å²) in [6.07, 6.45) is 0. The molecule has 1 amide bonds. The molecule has 1 aliphatic rings. The molecule has 0 spiro atoms. The van der Waals surface area contributed by atoms with E-state index in [0.717, 1.165) is 24.4 Å². The van der Waals surface area contributed by atoms with Crippen LogP contribution in [0.3, 0.4) is 0 Å². The summed E-state index contributed by atoms with van der Waals surface area (Å²) < 4.78 is 10.8. The zero-order valence-electron chi connectivity index (χ0n) is 14.5. The van der Waals surface area contributed by atoms with Crippen LogP contribution in [0.5, 0.6) is 5.75 Å². The van der Waals surface area contributed by atoms with E-state index in [4.69, 9.17) is 9.47 Å². The second-order valence-electron chi connectivity index (χ2n) is 6.02. The van der Waals surface area contributed by atoms with Crippen LogP contribution in [0, 0.1) is 0 Å². The molecule has 1 unspecified atom stereocenters. The molecule has 2 aromatic rings. The average Bonchev–Trinajstić information content (AvgIpc) is 2.69. The normalized spacial score (nSPS) is 16.2. The third-order valence-electron chi connectivity index (χ3n) is 4.46. The molecule has 5 heteroatoms. The van der Waals surface area contributed by atoms with Crippen LogP contribution in [-0.4, -0.2) is 50.8 Å². The molecule has 2 aromatic carbocycles. The van der Waals surface area contributed by atoms with Gasteiger partial charge in [0.05, 0.1) is 26.4 Å². The van der Waals surface area contributed by atoms with Crippen LogP contribution >= 0.6 is 0 Å². The van der Waals surface area contributed by atoms with Crippen LogP contribution in [0.4, 0.5) is 0 Å². The topological polar surface area (TPSA) is 50.8 Å². The maximum Gasteiger partial charge on any atom is 0.251 e. The van der Waals surface area contributed by atoms with Gasteiger partial charge in [-0.25, -0.2) is 0 Å². The van der Waals surface area contributed by atoms with Crippen molar-refractivity contribution in [2.75, 3.05) is 40.0 Å². The third kappa shape index (κ3) is 4.59. The third-order valence-corrected chi connectivity index (χ3v) is 4.46. The zero-order chi connectivity index (χ0) is 17.5. The summed E-state index contributed by atoms with van der Waals surface area (Å²) in [5.41, 5.74) is 1.81. The van der Waals surface area contributed by atoms with Crippen molar-refractivity contribution in [3.05, 3.63) is 65.7 Å². The van der Waals surface area contributed by atoms with Crippen molar-refractivity contribution in [1.82, 2.24) is 10.2 Å². The number of hydrogen-bond donors (Lipinski definition) is 1. The van der Waals surface area contributed by atoms with Gasteiger partial charge in [-0.05, 0) is 29.8 Å². The second-order valence-corrected chi connectivity index (χ2v) is 6.02. The molecule has 0 aromatic heterocycles. The fourth-order valence-corrected chi connectivity index (χ4v) is 3.08. The molecule has 1 atom stereocenters. The second kappa shape index (κ2) is 8.65. The maximum atomic E-state index is 12.4. The van der Waals surface area contributed by atoms with Crippen molar-refractivity contribution in [2.24, 2.45) is 0 Å². The van der Waals surface area contributed by atoms with Crippen LogP contribution in [0.2, 0.25) is 0 Å². The van der Waals surface area contributed by atoms with Crippen LogP contribution in [0.15, 0.2) is 54.6 Å². The number of carbonyl (C=O) groups excluding carboxylic acids is 1. The Hall–Kier alpha value is -2.37. The monoisotopic (exact) mass is 340 g/mol. The zero-order valence-corrected chi connectivity index (χ0v) is 14.5.